The Kier molecular flexibility index (Phi) is 2.54. The SMILES string of the molecule is [2H]C1(c2nc(Br)c3c(N)nccn23)CCCN1C(=O)O. The van der Waals surface area contributed by atoms with Crippen LogP contribution in [0.4, 0.5) is 10.6 Å². The van der Waals surface area contributed by atoms with Crippen LogP contribution in [0.25, 0.3) is 5.52 Å². The predicted molar refractivity (Wildman–Crippen MR) is 71.8 cm³/mol. The van der Waals surface area contributed by atoms with Gasteiger partial charge in [0.05, 0.1) is 7.39 Å². The largest absolute Gasteiger partial charge is 0.465 e. The fourth-order valence-electron chi connectivity index (χ4n) is 2.34. The lowest BCUT2D eigenvalue weighted by Gasteiger charge is -2.20. The van der Waals surface area contributed by atoms with Crippen LogP contribution in [0, 0.1) is 0 Å². The third-order valence-corrected chi connectivity index (χ3v) is 3.70. The van der Waals surface area contributed by atoms with Gasteiger partial charge in [0, 0.05) is 18.9 Å². The van der Waals surface area contributed by atoms with Gasteiger partial charge in [0.2, 0.25) is 0 Å². The molecular weight excluding hydrogens is 314 g/mol. The van der Waals surface area contributed by atoms with E-state index in [1.165, 1.54) is 6.20 Å². The summed E-state index contributed by atoms with van der Waals surface area (Å²) >= 11 is 3.30. The smallest absolute Gasteiger partial charge is 0.407 e. The van der Waals surface area contributed by atoms with E-state index in [0.29, 0.717) is 35.3 Å². The molecule has 2 aromatic heterocycles. The Morgan fingerprint density at radius 3 is 3.21 bits per heavy atom. The lowest BCUT2D eigenvalue weighted by Crippen LogP contribution is -2.29. The minimum Gasteiger partial charge on any atom is -0.465 e. The number of carbonyl (C=O) groups is 1. The Labute approximate surface area is 118 Å². The van der Waals surface area contributed by atoms with E-state index in [2.05, 4.69) is 25.9 Å². The molecule has 8 heteroatoms. The number of hydrogen-bond donors (Lipinski definition) is 2. The molecule has 0 spiro atoms. The number of imidazole rings is 1. The molecular formula is C11H12BrN5O2. The summed E-state index contributed by atoms with van der Waals surface area (Å²) < 4.78 is 10.6. The molecule has 19 heavy (non-hydrogen) atoms. The lowest BCUT2D eigenvalue weighted by molar-refractivity contribution is 0.138. The van der Waals surface area contributed by atoms with Crippen LogP contribution >= 0.6 is 15.9 Å². The van der Waals surface area contributed by atoms with Crippen LogP contribution in [0.1, 0.15) is 26.1 Å². The van der Waals surface area contributed by atoms with Gasteiger partial charge in [-0.15, -0.1) is 0 Å². The van der Waals surface area contributed by atoms with Gasteiger partial charge in [0.1, 0.15) is 15.9 Å². The lowest BCUT2D eigenvalue weighted by atomic mass is 10.2. The zero-order valence-electron chi connectivity index (χ0n) is 10.9. The van der Waals surface area contributed by atoms with Gasteiger partial charge in [-0.2, -0.15) is 0 Å². The molecule has 1 fully saturated rings. The average Bonchev–Trinajstić information content (AvgIpc) is 2.93. The molecule has 1 unspecified atom stereocenters. The Morgan fingerprint density at radius 2 is 2.47 bits per heavy atom. The van der Waals surface area contributed by atoms with Gasteiger partial charge in [0.25, 0.3) is 0 Å². The number of likely N-dealkylation sites (tertiary alicyclic amines) is 1. The highest BCUT2D eigenvalue weighted by Gasteiger charge is 2.33. The highest BCUT2D eigenvalue weighted by molar-refractivity contribution is 9.10. The minimum absolute atomic E-state index is 0.279. The number of halogens is 1. The number of aromatic nitrogens is 3. The number of anilines is 1. The van der Waals surface area contributed by atoms with Crippen molar-refractivity contribution in [3.05, 3.63) is 22.8 Å². The van der Waals surface area contributed by atoms with E-state index >= 15 is 0 Å². The van der Waals surface area contributed by atoms with Crippen LogP contribution in [0.3, 0.4) is 0 Å². The van der Waals surface area contributed by atoms with E-state index in [1.54, 1.807) is 10.6 Å². The van der Waals surface area contributed by atoms with E-state index in [-0.39, 0.29) is 5.82 Å². The summed E-state index contributed by atoms with van der Waals surface area (Å²) in [7, 11) is 0. The van der Waals surface area contributed by atoms with Gasteiger partial charge in [-0.05, 0) is 28.8 Å². The van der Waals surface area contributed by atoms with Crippen LogP contribution in [0.2, 0.25) is 0 Å². The summed E-state index contributed by atoms with van der Waals surface area (Å²) in [5.74, 6) is 0.606. The molecule has 3 heterocycles. The Balaban J connectivity index is 2.25. The fraction of sp³-hybridized carbons (Fsp3) is 0.364. The Hall–Kier alpha value is -1.83. The van der Waals surface area contributed by atoms with Gasteiger partial charge in [-0.3, -0.25) is 9.30 Å². The first-order chi connectivity index (χ1) is 9.45. The van der Waals surface area contributed by atoms with E-state index in [1.807, 2.05) is 0 Å². The fourth-order valence-corrected chi connectivity index (χ4v) is 2.90. The molecule has 0 radical (unpaired) electrons. The van der Waals surface area contributed by atoms with E-state index in [4.69, 9.17) is 7.10 Å². The number of hydrogen-bond acceptors (Lipinski definition) is 4. The summed E-state index contributed by atoms with van der Waals surface area (Å²) in [6.07, 6.45) is 3.04. The Bertz CT molecular complexity index is 705. The second-order valence-electron chi connectivity index (χ2n) is 4.24. The van der Waals surface area contributed by atoms with E-state index in [0.717, 1.165) is 4.90 Å². The molecule has 1 aliphatic rings. The summed E-state index contributed by atoms with van der Waals surface area (Å²) in [4.78, 5) is 20.7. The van der Waals surface area contributed by atoms with Crippen molar-refractivity contribution in [1.29, 1.82) is 0 Å². The van der Waals surface area contributed by atoms with Crippen molar-refractivity contribution in [3.8, 4) is 0 Å². The van der Waals surface area contributed by atoms with Crippen molar-refractivity contribution in [2.24, 2.45) is 0 Å². The van der Waals surface area contributed by atoms with Crippen molar-refractivity contribution in [2.75, 3.05) is 12.3 Å². The molecule has 2 aromatic rings. The first kappa shape index (κ1) is 11.0. The summed E-state index contributed by atoms with van der Waals surface area (Å²) in [6, 6.07) is -1.41. The summed E-state index contributed by atoms with van der Waals surface area (Å²) in [5, 5.41) is 9.26. The van der Waals surface area contributed by atoms with Crippen LogP contribution in [-0.4, -0.2) is 37.0 Å². The first-order valence-corrected chi connectivity index (χ1v) is 6.53. The van der Waals surface area contributed by atoms with Gasteiger partial charge in [-0.25, -0.2) is 14.8 Å². The van der Waals surface area contributed by atoms with Crippen molar-refractivity contribution >= 4 is 33.4 Å². The number of nitrogens with two attached hydrogens (primary N) is 1. The molecule has 0 bridgehead atoms. The van der Waals surface area contributed by atoms with Gasteiger partial charge >= 0.3 is 6.09 Å². The molecule has 0 saturated carbocycles. The third-order valence-electron chi connectivity index (χ3n) is 3.15. The normalized spacial score (nSPS) is 23.8. The Morgan fingerprint density at radius 1 is 1.68 bits per heavy atom. The van der Waals surface area contributed by atoms with Crippen LogP contribution < -0.4 is 5.73 Å². The number of nitrogens with zero attached hydrogens (tertiary/aromatic N) is 4. The number of amides is 1. The zero-order chi connectivity index (χ0) is 14.5. The maximum atomic E-state index is 11.3. The minimum atomic E-state index is -1.41. The second-order valence-corrected chi connectivity index (χ2v) is 4.99. The zero-order valence-corrected chi connectivity index (χ0v) is 11.5. The quantitative estimate of drug-likeness (QED) is 0.834. The molecule has 0 aliphatic carbocycles. The molecule has 3 rings (SSSR count). The van der Waals surface area contributed by atoms with Crippen molar-refractivity contribution in [2.45, 2.75) is 18.9 Å². The number of nitrogen functional groups attached to an aromatic ring is 1. The highest BCUT2D eigenvalue weighted by Crippen LogP contribution is 2.34. The van der Waals surface area contributed by atoms with Crippen LogP contribution in [0.15, 0.2) is 17.0 Å². The molecule has 1 amide bonds. The summed E-state index contributed by atoms with van der Waals surface area (Å²) in [6.45, 7) is 0.325. The molecule has 1 atom stereocenters. The number of rotatable bonds is 1. The van der Waals surface area contributed by atoms with Gasteiger partial charge in [-0.1, -0.05) is 0 Å². The van der Waals surface area contributed by atoms with Crippen LogP contribution in [0.5, 0.6) is 0 Å². The molecule has 0 aromatic carbocycles. The van der Waals surface area contributed by atoms with Gasteiger partial charge in [0.15, 0.2) is 5.82 Å². The van der Waals surface area contributed by atoms with E-state index in [9.17, 15) is 9.90 Å². The van der Waals surface area contributed by atoms with Gasteiger partial charge < -0.3 is 10.8 Å². The topological polar surface area (TPSA) is 96.8 Å². The molecule has 1 saturated heterocycles. The van der Waals surface area contributed by atoms with Crippen molar-refractivity contribution in [1.82, 2.24) is 19.3 Å². The summed E-state index contributed by atoms with van der Waals surface area (Å²) in [5.41, 5.74) is 6.36. The third kappa shape index (κ3) is 1.83. The number of carboxylic acid groups (broad SMARTS) is 1. The molecule has 7 nitrogen and oxygen atoms in total. The number of fused-ring (bicyclic) bond motifs is 1. The maximum absolute atomic E-state index is 11.3. The monoisotopic (exact) mass is 326 g/mol. The highest BCUT2D eigenvalue weighted by atomic mass is 79.9. The van der Waals surface area contributed by atoms with Crippen molar-refractivity contribution in [3.63, 3.8) is 0 Å². The molecule has 1 aliphatic heterocycles. The predicted octanol–water partition coefficient (Wildman–Crippen LogP) is 1.89. The molecule has 3 N–H and O–H groups in total. The van der Waals surface area contributed by atoms with Crippen molar-refractivity contribution < 1.29 is 11.3 Å². The van der Waals surface area contributed by atoms with E-state index < -0.39 is 12.1 Å². The first-order valence-electron chi connectivity index (χ1n) is 6.24. The van der Waals surface area contributed by atoms with Crippen LogP contribution in [-0.2, 0) is 0 Å². The average molecular weight is 327 g/mol. The second kappa shape index (κ2) is 4.37. The standard InChI is InChI=1S/C11H12BrN5O2/c12-8-7-9(13)14-3-5-17(7)10(15-8)6-2-1-4-16(6)11(18)19/h3,5-6H,1-2,4H2,(H2,13,14)(H,18,19)/i6D. The molecule has 100 valence electrons. The maximum Gasteiger partial charge on any atom is 0.407 e.